The molecule has 0 aliphatic heterocycles. The first-order valence-corrected chi connectivity index (χ1v) is 10.5. The van der Waals surface area contributed by atoms with E-state index >= 15 is 0 Å². The maximum atomic E-state index is 6.54. The molecule has 142 valence electrons. The normalized spacial score (nSPS) is 17.0. The van der Waals surface area contributed by atoms with Crippen LogP contribution in [-0.2, 0) is 5.41 Å². The molecule has 30 heavy (non-hydrogen) atoms. The largest absolute Gasteiger partial charge is 0.259 e. The number of fused-ring (bicyclic) bond motifs is 4. The van der Waals surface area contributed by atoms with Crippen molar-refractivity contribution in [3.63, 3.8) is 0 Å². The van der Waals surface area contributed by atoms with Gasteiger partial charge >= 0.3 is 0 Å². The summed E-state index contributed by atoms with van der Waals surface area (Å²) in [7, 11) is 0. The zero-order valence-corrected chi connectivity index (χ0v) is 17.0. The van der Waals surface area contributed by atoms with E-state index in [1.54, 1.807) is 0 Å². The van der Waals surface area contributed by atoms with Crippen molar-refractivity contribution in [2.24, 2.45) is 0 Å². The predicted octanol–water partition coefficient (Wildman–Crippen LogP) is 7.25. The molecule has 0 saturated carbocycles. The van der Waals surface area contributed by atoms with Crippen molar-refractivity contribution in [3.8, 4) is 11.1 Å². The van der Waals surface area contributed by atoms with Crippen molar-refractivity contribution in [1.82, 2.24) is 4.98 Å². The van der Waals surface area contributed by atoms with Crippen LogP contribution in [0, 0.1) is 0 Å². The third-order valence-electron chi connectivity index (χ3n) is 6.23. The lowest BCUT2D eigenvalue weighted by molar-refractivity contribution is 0.737. The lowest BCUT2D eigenvalue weighted by atomic mass is 9.69. The standard InChI is InChI=1S/C28H18ClN/c29-22-14-15-24-23-12-6-7-13-25(23)28(26(24)17-22,21-10-2-1-3-11-21)27-16-19-8-4-5-9-20(19)18-30-27/h1-18H. The molecule has 0 N–H and O–H groups in total. The monoisotopic (exact) mass is 403 g/mol. The molecule has 5 aromatic rings. The summed E-state index contributed by atoms with van der Waals surface area (Å²) < 4.78 is 0. The van der Waals surface area contributed by atoms with Gasteiger partial charge in [0.2, 0.25) is 0 Å². The Balaban J connectivity index is 1.80. The molecule has 0 spiro atoms. The summed E-state index contributed by atoms with van der Waals surface area (Å²) in [6.45, 7) is 0. The van der Waals surface area contributed by atoms with E-state index in [1.165, 1.54) is 33.2 Å². The molecule has 2 heteroatoms. The van der Waals surface area contributed by atoms with Crippen molar-refractivity contribution in [3.05, 3.63) is 137 Å². The molecule has 0 fully saturated rings. The van der Waals surface area contributed by atoms with Gasteiger partial charge in [0.15, 0.2) is 0 Å². The Morgan fingerprint density at radius 1 is 0.600 bits per heavy atom. The molecule has 1 unspecified atom stereocenters. The van der Waals surface area contributed by atoms with Gasteiger partial charge in [-0.3, -0.25) is 4.98 Å². The summed E-state index contributed by atoms with van der Waals surface area (Å²) in [5.41, 5.74) is 6.59. The minimum atomic E-state index is -0.512. The zero-order chi connectivity index (χ0) is 20.1. The van der Waals surface area contributed by atoms with Crippen LogP contribution in [0.1, 0.15) is 22.4 Å². The van der Waals surface area contributed by atoms with Gasteiger partial charge in [-0.1, -0.05) is 96.5 Å². The summed E-state index contributed by atoms with van der Waals surface area (Å²) in [6, 6.07) is 36.2. The maximum absolute atomic E-state index is 6.54. The van der Waals surface area contributed by atoms with Gasteiger partial charge in [0.1, 0.15) is 0 Å². The van der Waals surface area contributed by atoms with Crippen LogP contribution in [0.25, 0.3) is 21.9 Å². The first-order valence-electron chi connectivity index (χ1n) is 10.1. The number of nitrogens with zero attached hydrogens (tertiary/aromatic N) is 1. The Morgan fingerprint density at radius 3 is 2.17 bits per heavy atom. The highest BCUT2D eigenvalue weighted by molar-refractivity contribution is 6.30. The molecule has 1 heterocycles. The van der Waals surface area contributed by atoms with E-state index in [9.17, 15) is 0 Å². The predicted molar refractivity (Wildman–Crippen MR) is 124 cm³/mol. The van der Waals surface area contributed by atoms with E-state index in [1.807, 2.05) is 12.3 Å². The summed E-state index contributed by atoms with van der Waals surface area (Å²) >= 11 is 6.54. The highest BCUT2D eigenvalue weighted by Gasteiger charge is 2.47. The second kappa shape index (κ2) is 6.55. The molecule has 0 bridgehead atoms. The average molecular weight is 404 g/mol. The fourth-order valence-corrected chi connectivity index (χ4v) is 5.14. The van der Waals surface area contributed by atoms with Crippen molar-refractivity contribution in [1.29, 1.82) is 0 Å². The van der Waals surface area contributed by atoms with Crippen LogP contribution in [0.4, 0.5) is 0 Å². The molecule has 0 amide bonds. The molecule has 6 rings (SSSR count). The van der Waals surface area contributed by atoms with Gasteiger partial charge in [-0.25, -0.2) is 0 Å². The Morgan fingerprint density at radius 2 is 1.30 bits per heavy atom. The molecule has 1 aliphatic carbocycles. The fraction of sp³-hybridized carbons (Fsp3) is 0.0357. The fourth-order valence-electron chi connectivity index (χ4n) is 4.96. The molecule has 1 aromatic heterocycles. The Hall–Kier alpha value is -3.42. The van der Waals surface area contributed by atoms with Crippen LogP contribution in [0.3, 0.4) is 0 Å². The number of pyridine rings is 1. The third-order valence-corrected chi connectivity index (χ3v) is 6.46. The number of rotatable bonds is 2. The molecule has 1 atom stereocenters. The third kappa shape index (κ3) is 2.33. The van der Waals surface area contributed by atoms with E-state index < -0.39 is 5.41 Å². The minimum Gasteiger partial charge on any atom is -0.259 e. The van der Waals surface area contributed by atoms with Crippen molar-refractivity contribution in [2.45, 2.75) is 5.41 Å². The number of benzene rings is 4. The van der Waals surface area contributed by atoms with E-state index in [2.05, 4.69) is 97.1 Å². The van der Waals surface area contributed by atoms with Crippen LogP contribution in [0.2, 0.25) is 5.02 Å². The van der Waals surface area contributed by atoms with Crippen LogP contribution >= 0.6 is 11.6 Å². The van der Waals surface area contributed by atoms with Crippen molar-refractivity contribution < 1.29 is 0 Å². The van der Waals surface area contributed by atoms with E-state index in [0.717, 1.165) is 16.1 Å². The van der Waals surface area contributed by atoms with Gasteiger partial charge in [0.25, 0.3) is 0 Å². The Kier molecular flexibility index (Phi) is 3.81. The van der Waals surface area contributed by atoms with Crippen LogP contribution in [-0.4, -0.2) is 4.98 Å². The first kappa shape index (κ1) is 17.4. The Bertz CT molecular complexity index is 1410. The highest BCUT2D eigenvalue weighted by Crippen LogP contribution is 2.56. The summed E-state index contributed by atoms with van der Waals surface area (Å²) in [5.74, 6) is 0. The molecular formula is C28H18ClN. The van der Waals surface area contributed by atoms with Crippen molar-refractivity contribution >= 4 is 22.4 Å². The van der Waals surface area contributed by atoms with Gasteiger partial charge in [-0.05, 0) is 51.4 Å². The number of aromatic nitrogens is 1. The highest BCUT2D eigenvalue weighted by atomic mass is 35.5. The quantitative estimate of drug-likeness (QED) is 0.296. The lowest BCUT2D eigenvalue weighted by Crippen LogP contribution is -2.29. The average Bonchev–Trinajstić information content (AvgIpc) is 3.09. The van der Waals surface area contributed by atoms with Gasteiger partial charge in [-0.2, -0.15) is 0 Å². The van der Waals surface area contributed by atoms with Crippen LogP contribution in [0.15, 0.2) is 109 Å². The molecule has 0 radical (unpaired) electrons. The lowest BCUT2D eigenvalue weighted by Gasteiger charge is -2.32. The topological polar surface area (TPSA) is 12.9 Å². The molecule has 4 aromatic carbocycles. The van der Waals surface area contributed by atoms with Crippen LogP contribution < -0.4 is 0 Å². The first-order chi connectivity index (χ1) is 14.8. The molecular weight excluding hydrogens is 386 g/mol. The summed E-state index contributed by atoms with van der Waals surface area (Å²) in [4.78, 5) is 5.02. The van der Waals surface area contributed by atoms with E-state index in [0.29, 0.717) is 0 Å². The van der Waals surface area contributed by atoms with Gasteiger partial charge in [0.05, 0.1) is 11.1 Å². The molecule has 0 saturated heterocycles. The second-order valence-corrected chi connectivity index (χ2v) is 8.20. The van der Waals surface area contributed by atoms with Gasteiger partial charge < -0.3 is 0 Å². The zero-order valence-electron chi connectivity index (χ0n) is 16.2. The molecule has 1 aliphatic rings. The van der Waals surface area contributed by atoms with Gasteiger partial charge in [-0.15, -0.1) is 0 Å². The van der Waals surface area contributed by atoms with Gasteiger partial charge in [0, 0.05) is 16.6 Å². The van der Waals surface area contributed by atoms with Crippen molar-refractivity contribution in [2.75, 3.05) is 0 Å². The smallest absolute Gasteiger partial charge is 0.0886 e. The maximum Gasteiger partial charge on any atom is 0.0886 e. The number of halogens is 1. The van der Waals surface area contributed by atoms with Crippen LogP contribution in [0.5, 0.6) is 0 Å². The minimum absolute atomic E-state index is 0.512. The summed E-state index contributed by atoms with van der Waals surface area (Å²) in [5, 5.41) is 3.07. The second-order valence-electron chi connectivity index (χ2n) is 7.77. The molecule has 1 nitrogen and oxygen atoms in total. The number of hydrogen-bond acceptors (Lipinski definition) is 1. The number of hydrogen-bond donors (Lipinski definition) is 0. The SMILES string of the molecule is Clc1ccc2c(c1)C(c1ccccc1)(c1cc3ccccc3cn1)c1ccccc1-2. The van der Waals surface area contributed by atoms with E-state index in [-0.39, 0.29) is 0 Å². The Labute approximate surface area is 180 Å². The summed E-state index contributed by atoms with van der Waals surface area (Å²) in [6.07, 6.45) is 1.99. The van der Waals surface area contributed by atoms with E-state index in [4.69, 9.17) is 16.6 Å².